The summed E-state index contributed by atoms with van der Waals surface area (Å²) in [6, 6.07) is 6.02. The van der Waals surface area contributed by atoms with Gasteiger partial charge in [0.1, 0.15) is 12.4 Å². The van der Waals surface area contributed by atoms with Crippen LogP contribution in [-0.2, 0) is 17.7 Å². The monoisotopic (exact) mass is 235 g/mol. The van der Waals surface area contributed by atoms with Crippen molar-refractivity contribution in [2.45, 2.75) is 19.9 Å². The van der Waals surface area contributed by atoms with Gasteiger partial charge < -0.3 is 15.2 Å². The van der Waals surface area contributed by atoms with Crippen LogP contribution in [0.4, 0.5) is 0 Å². The van der Waals surface area contributed by atoms with Crippen LogP contribution in [0, 0.1) is 0 Å². The van der Waals surface area contributed by atoms with Gasteiger partial charge in [0.05, 0.1) is 6.61 Å². The van der Waals surface area contributed by atoms with E-state index in [9.17, 15) is 0 Å². The molecule has 3 heteroatoms. The van der Waals surface area contributed by atoms with Gasteiger partial charge in [-0.25, -0.2) is 0 Å². The lowest BCUT2D eigenvalue weighted by atomic mass is 10.1. The Morgan fingerprint density at radius 2 is 2.18 bits per heavy atom. The first-order chi connectivity index (χ1) is 8.31. The van der Waals surface area contributed by atoms with E-state index in [1.54, 1.807) is 0 Å². The van der Waals surface area contributed by atoms with Gasteiger partial charge in [-0.05, 0) is 30.5 Å². The van der Waals surface area contributed by atoms with Crippen molar-refractivity contribution in [3.05, 3.63) is 42.0 Å². The summed E-state index contributed by atoms with van der Waals surface area (Å²) in [5.74, 6) is 0.891. The molecular weight excluding hydrogens is 214 g/mol. The van der Waals surface area contributed by atoms with Crippen molar-refractivity contribution in [2.75, 3.05) is 19.8 Å². The third-order valence-electron chi connectivity index (χ3n) is 2.41. The minimum Gasteiger partial charge on any atom is -0.491 e. The summed E-state index contributed by atoms with van der Waals surface area (Å²) in [6.07, 6.45) is 2.66. The summed E-state index contributed by atoms with van der Waals surface area (Å²) in [7, 11) is 0. The molecule has 0 bridgehead atoms. The topological polar surface area (TPSA) is 44.5 Å². The fourth-order valence-electron chi connectivity index (χ4n) is 1.57. The number of hydrogen-bond acceptors (Lipinski definition) is 3. The lowest BCUT2D eigenvalue weighted by molar-refractivity contribution is 0.110. The molecule has 0 unspecified atom stereocenters. The predicted molar refractivity (Wildman–Crippen MR) is 70.2 cm³/mol. The number of benzene rings is 1. The highest BCUT2D eigenvalue weighted by Gasteiger charge is 2.03. The summed E-state index contributed by atoms with van der Waals surface area (Å²) >= 11 is 0. The minimum atomic E-state index is 0.545. The number of allylic oxidation sites excluding steroid dienone is 1. The highest BCUT2D eigenvalue weighted by molar-refractivity contribution is 5.38. The Hall–Kier alpha value is -1.32. The number of nitrogens with two attached hydrogens (primary N) is 1. The lowest BCUT2D eigenvalue weighted by Crippen LogP contribution is -2.08. The summed E-state index contributed by atoms with van der Waals surface area (Å²) in [5, 5.41) is 0. The van der Waals surface area contributed by atoms with Crippen molar-refractivity contribution in [3.63, 3.8) is 0 Å². The average molecular weight is 235 g/mol. The number of hydrogen-bond donors (Lipinski definition) is 1. The van der Waals surface area contributed by atoms with Gasteiger partial charge in [0.2, 0.25) is 0 Å². The van der Waals surface area contributed by atoms with Crippen molar-refractivity contribution >= 4 is 0 Å². The first-order valence-corrected chi connectivity index (χ1v) is 5.95. The maximum atomic E-state index is 5.68. The zero-order valence-electron chi connectivity index (χ0n) is 10.4. The smallest absolute Gasteiger partial charge is 0.122 e. The molecule has 3 nitrogen and oxygen atoms in total. The van der Waals surface area contributed by atoms with Crippen LogP contribution >= 0.6 is 0 Å². The van der Waals surface area contributed by atoms with E-state index in [0.717, 1.165) is 29.9 Å². The highest BCUT2D eigenvalue weighted by atomic mass is 16.5. The molecule has 0 spiro atoms. The molecule has 1 rings (SSSR count). The number of rotatable bonds is 8. The molecule has 0 atom stereocenters. The van der Waals surface area contributed by atoms with Crippen LogP contribution in [0.5, 0.6) is 5.75 Å². The van der Waals surface area contributed by atoms with Crippen LogP contribution in [0.3, 0.4) is 0 Å². The van der Waals surface area contributed by atoms with Crippen LogP contribution in [0.1, 0.15) is 18.1 Å². The summed E-state index contributed by atoms with van der Waals surface area (Å²) in [5.41, 5.74) is 7.85. The fraction of sp³-hybridized carbons (Fsp3) is 0.429. The molecule has 0 aliphatic carbocycles. The molecule has 0 aromatic heterocycles. The second-order valence-electron chi connectivity index (χ2n) is 3.68. The van der Waals surface area contributed by atoms with Crippen molar-refractivity contribution < 1.29 is 9.47 Å². The molecule has 0 amide bonds. The van der Waals surface area contributed by atoms with Crippen LogP contribution in [0.2, 0.25) is 0 Å². The van der Waals surface area contributed by atoms with Crippen LogP contribution in [-0.4, -0.2) is 19.8 Å². The Balaban J connectivity index is 2.65. The maximum Gasteiger partial charge on any atom is 0.122 e. The molecule has 1 aromatic rings. The van der Waals surface area contributed by atoms with E-state index in [-0.39, 0.29) is 0 Å². The molecule has 0 radical (unpaired) electrons. The Kier molecular flexibility index (Phi) is 6.37. The average Bonchev–Trinajstić information content (AvgIpc) is 2.36. The molecule has 0 fully saturated rings. The molecule has 0 saturated heterocycles. The first-order valence-electron chi connectivity index (χ1n) is 5.95. The Morgan fingerprint density at radius 3 is 2.82 bits per heavy atom. The van der Waals surface area contributed by atoms with Gasteiger partial charge >= 0.3 is 0 Å². The Labute approximate surface area is 103 Å². The molecule has 0 saturated carbocycles. The predicted octanol–water partition coefficient (Wildman–Crippen LogP) is 2.29. The van der Waals surface area contributed by atoms with Gasteiger partial charge in [0.25, 0.3) is 0 Å². The first kappa shape index (κ1) is 13.7. The highest BCUT2D eigenvalue weighted by Crippen LogP contribution is 2.21. The molecule has 0 heterocycles. The third kappa shape index (κ3) is 4.59. The normalized spacial score (nSPS) is 10.2. The van der Waals surface area contributed by atoms with E-state index in [1.807, 2.05) is 25.1 Å². The largest absolute Gasteiger partial charge is 0.491 e. The molecule has 1 aromatic carbocycles. The standard InChI is InChI=1S/C14H21NO2/c1-3-5-13-10-12(11-15)6-7-14(13)17-9-8-16-4-2/h3,6-7,10H,1,4-5,8-9,11,15H2,2H3. The summed E-state index contributed by atoms with van der Waals surface area (Å²) in [6.45, 7) is 8.17. The zero-order chi connectivity index (χ0) is 12.5. The fourth-order valence-corrected chi connectivity index (χ4v) is 1.57. The second kappa shape index (κ2) is 7.87. The van der Waals surface area contributed by atoms with Crippen LogP contribution in [0.25, 0.3) is 0 Å². The van der Waals surface area contributed by atoms with Gasteiger partial charge in [-0.2, -0.15) is 0 Å². The van der Waals surface area contributed by atoms with Gasteiger partial charge in [-0.15, -0.1) is 6.58 Å². The van der Waals surface area contributed by atoms with Gasteiger partial charge in [0, 0.05) is 13.2 Å². The molecule has 2 N–H and O–H groups in total. The summed E-state index contributed by atoms with van der Waals surface area (Å²) < 4.78 is 10.9. The Bertz CT molecular complexity index is 350. The second-order valence-corrected chi connectivity index (χ2v) is 3.68. The van der Waals surface area contributed by atoms with Crippen molar-refractivity contribution in [1.29, 1.82) is 0 Å². The van der Waals surface area contributed by atoms with E-state index < -0.39 is 0 Å². The van der Waals surface area contributed by atoms with Crippen LogP contribution in [0.15, 0.2) is 30.9 Å². The molecular formula is C14H21NO2. The van der Waals surface area contributed by atoms with E-state index in [2.05, 4.69) is 12.6 Å². The van der Waals surface area contributed by atoms with Crippen molar-refractivity contribution in [3.8, 4) is 5.75 Å². The molecule has 0 aliphatic heterocycles. The quantitative estimate of drug-likeness (QED) is 0.555. The lowest BCUT2D eigenvalue weighted by Gasteiger charge is -2.11. The van der Waals surface area contributed by atoms with E-state index in [0.29, 0.717) is 19.8 Å². The minimum absolute atomic E-state index is 0.545. The number of ether oxygens (including phenoxy) is 2. The van der Waals surface area contributed by atoms with Crippen molar-refractivity contribution in [2.24, 2.45) is 5.73 Å². The third-order valence-corrected chi connectivity index (χ3v) is 2.41. The SMILES string of the molecule is C=CCc1cc(CN)ccc1OCCOCC. The van der Waals surface area contributed by atoms with Crippen molar-refractivity contribution in [1.82, 2.24) is 0 Å². The van der Waals surface area contributed by atoms with Gasteiger partial charge in [0.15, 0.2) is 0 Å². The molecule has 0 aliphatic rings. The van der Waals surface area contributed by atoms with Gasteiger partial charge in [-0.3, -0.25) is 0 Å². The Morgan fingerprint density at radius 1 is 1.35 bits per heavy atom. The summed E-state index contributed by atoms with van der Waals surface area (Å²) in [4.78, 5) is 0. The van der Waals surface area contributed by atoms with E-state index in [4.69, 9.17) is 15.2 Å². The zero-order valence-corrected chi connectivity index (χ0v) is 10.4. The van der Waals surface area contributed by atoms with Crippen LogP contribution < -0.4 is 10.5 Å². The maximum absolute atomic E-state index is 5.68. The molecule has 17 heavy (non-hydrogen) atoms. The van der Waals surface area contributed by atoms with E-state index in [1.165, 1.54) is 0 Å². The van der Waals surface area contributed by atoms with E-state index >= 15 is 0 Å². The molecule has 94 valence electrons. The van der Waals surface area contributed by atoms with Gasteiger partial charge in [-0.1, -0.05) is 18.2 Å².